The minimum atomic E-state index is -1.31. The third-order valence-electron chi connectivity index (χ3n) is 5.01. The van der Waals surface area contributed by atoms with Crippen LogP contribution in [0.4, 0.5) is 16.2 Å². The summed E-state index contributed by atoms with van der Waals surface area (Å²) >= 11 is 5.91. The number of non-ortho nitro benzene ring substituents is 1. The van der Waals surface area contributed by atoms with E-state index in [9.17, 15) is 24.5 Å². The first-order valence-electron chi connectivity index (χ1n) is 9.24. The number of halogens is 1. The first-order chi connectivity index (χ1) is 14.7. The SMILES string of the molecule is CC[C@@]1(c2ccc(Cl)cc2)NC(=O)N(CC(=O)Nc2cc([N+](=O)[O-])ccc2OC)C1=O. The lowest BCUT2D eigenvalue weighted by Gasteiger charge is -2.25. The van der Waals surface area contributed by atoms with Gasteiger partial charge in [0, 0.05) is 17.2 Å². The number of methoxy groups -OCH3 is 1. The van der Waals surface area contributed by atoms with Gasteiger partial charge in [0.05, 0.1) is 17.7 Å². The molecule has 1 aliphatic heterocycles. The lowest BCUT2D eigenvalue weighted by atomic mass is 9.87. The molecule has 1 saturated heterocycles. The average molecular weight is 447 g/mol. The Balaban J connectivity index is 1.81. The number of amides is 4. The van der Waals surface area contributed by atoms with Crippen LogP contribution in [0.2, 0.25) is 5.02 Å². The van der Waals surface area contributed by atoms with Crippen molar-refractivity contribution in [3.05, 3.63) is 63.2 Å². The molecule has 0 unspecified atom stereocenters. The molecule has 1 fully saturated rings. The van der Waals surface area contributed by atoms with Gasteiger partial charge < -0.3 is 15.4 Å². The lowest BCUT2D eigenvalue weighted by Crippen LogP contribution is -2.44. The molecule has 0 spiro atoms. The van der Waals surface area contributed by atoms with Gasteiger partial charge in [-0.15, -0.1) is 0 Å². The van der Waals surface area contributed by atoms with Crippen LogP contribution in [-0.4, -0.2) is 41.3 Å². The van der Waals surface area contributed by atoms with Gasteiger partial charge in [-0.25, -0.2) is 4.79 Å². The standard InChI is InChI=1S/C20H19ClN4O6/c1-3-20(12-4-6-13(21)7-5-12)18(27)24(19(28)23-20)11-17(26)22-15-10-14(25(29)30)8-9-16(15)31-2/h4-10H,3,11H2,1-2H3,(H,22,26)(H,23,28)/t20-/m0/s1. The number of carbonyl (C=O) groups is 3. The van der Waals surface area contributed by atoms with Crippen molar-refractivity contribution in [3.8, 4) is 5.75 Å². The smallest absolute Gasteiger partial charge is 0.325 e. The van der Waals surface area contributed by atoms with Crippen LogP contribution in [-0.2, 0) is 15.1 Å². The zero-order valence-electron chi connectivity index (χ0n) is 16.7. The summed E-state index contributed by atoms with van der Waals surface area (Å²) in [5.41, 5.74) is -0.974. The highest BCUT2D eigenvalue weighted by molar-refractivity contribution is 6.30. The number of carbonyl (C=O) groups excluding carboxylic acids is 3. The van der Waals surface area contributed by atoms with Gasteiger partial charge in [-0.2, -0.15) is 0 Å². The van der Waals surface area contributed by atoms with Crippen LogP contribution >= 0.6 is 11.6 Å². The van der Waals surface area contributed by atoms with Crippen LogP contribution in [0.5, 0.6) is 5.75 Å². The van der Waals surface area contributed by atoms with Crippen LogP contribution < -0.4 is 15.4 Å². The summed E-state index contributed by atoms with van der Waals surface area (Å²) in [5, 5.41) is 16.6. The monoisotopic (exact) mass is 446 g/mol. The van der Waals surface area contributed by atoms with Crippen LogP contribution in [0.25, 0.3) is 0 Å². The Hall–Kier alpha value is -3.66. The van der Waals surface area contributed by atoms with Gasteiger partial charge >= 0.3 is 6.03 Å². The summed E-state index contributed by atoms with van der Waals surface area (Å²) in [6, 6.07) is 9.48. The minimum Gasteiger partial charge on any atom is -0.495 e. The number of nitro groups is 1. The maximum atomic E-state index is 13.1. The third kappa shape index (κ3) is 4.15. The second kappa shape index (κ2) is 8.60. The fourth-order valence-electron chi connectivity index (χ4n) is 3.38. The first-order valence-corrected chi connectivity index (χ1v) is 9.62. The number of rotatable bonds is 7. The molecule has 4 amide bonds. The highest BCUT2D eigenvalue weighted by Gasteiger charge is 2.51. The number of nitro benzene ring substituents is 1. The quantitative estimate of drug-likeness (QED) is 0.382. The van der Waals surface area contributed by atoms with Crippen LogP contribution in [0.15, 0.2) is 42.5 Å². The van der Waals surface area contributed by atoms with E-state index < -0.39 is 34.9 Å². The van der Waals surface area contributed by atoms with Gasteiger partial charge in [-0.1, -0.05) is 30.7 Å². The molecule has 162 valence electrons. The first kappa shape index (κ1) is 22.0. The molecule has 0 radical (unpaired) electrons. The lowest BCUT2D eigenvalue weighted by molar-refractivity contribution is -0.384. The minimum absolute atomic E-state index is 0.0493. The highest BCUT2D eigenvalue weighted by Crippen LogP contribution is 2.33. The number of ether oxygens (including phenoxy) is 1. The van der Waals surface area contributed by atoms with Gasteiger partial charge in [-0.3, -0.25) is 24.6 Å². The van der Waals surface area contributed by atoms with E-state index >= 15 is 0 Å². The van der Waals surface area contributed by atoms with Crippen LogP contribution in [0.1, 0.15) is 18.9 Å². The van der Waals surface area contributed by atoms with Crippen molar-refractivity contribution in [1.82, 2.24) is 10.2 Å². The fraction of sp³-hybridized carbons (Fsp3) is 0.250. The Morgan fingerprint density at radius 3 is 2.52 bits per heavy atom. The second-order valence-corrected chi connectivity index (χ2v) is 7.21. The summed E-state index contributed by atoms with van der Waals surface area (Å²) < 4.78 is 5.10. The molecule has 0 saturated carbocycles. The number of nitrogens with one attached hydrogen (secondary N) is 2. The number of hydrogen-bond acceptors (Lipinski definition) is 6. The largest absolute Gasteiger partial charge is 0.495 e. The zero-order chi connectivity index (χ0) is 22.8. The molecule has 0 aliphatic carbocycles. The summed E-state index contributed by atoms with van der Waals surface area (Å²) in [6.45, 7) is 1.16. The molecule has 11 heteroatoms. The summed E-state index contributed by atoms with van der Waals surface area (Å²) in [6.07, 6.45) is 0.260. The van der Waals surface area contributed by atoms with Crippen molar-refractivity contribution in [2.45, 2.75) is 18.9 Å². The fourth-order valence-corrected chi connectivity index (χ4v) is 3.51. The molecule has 2 aromatic rings. The number of hydrogen-bond donors (Lipinski definition) is 2. The maximum absolute atomic E-state index is 13.1. The molecular weight excluding hydrogens is 428 g/mol. The van der Waals surface area contributed by atoms with Crippen molar-refractivity contribution < 1.29 is 24.0 Å². The average Bonchev–Trinajstić information content (AvgIpc) is 2.99. The van der Waals surface area contributed by atoms with E-state index in [-0.39, 0.29) is 23.5 Å². The molecule has 31 heavy (non-hydrogen) atoms. The topological polar surface area (TPSA) is 131 Å². The van der Waals surface area contributed by atoms with Crippen LogP contribution in [0.3, 0.4) is 0 Å². The van der Waals surface area contributed by atoms with Crippen molar-refractivity contribution in [1.29, 1.82) is 0 Å². The van der Waals surface area contributed by atoms with Crippen molar-refractivity contribution in [2.24, 2.45) is 0 Å². The van der Waals surface area contributed by atoms with E-state index in [4.69, 9.17) is 16.3 Å². The molecular formula is C20H19ClN4O6. The second-order valence-electron chi connectivity index (χ2n) is 6.78. The zero-order valence-corrected chi connectivity index (χ0v) is 17.4. The molecule has 1 aliphatic rings. The van der Waals surface area contributed by atoms with E-state index in [0.29, 0.717) is 10.6 Å². The molecule has 0 bridgehead atoms. The van der Waals surface area contributed by atoms with E-state index in [1.807, 2.05) is 0 Å². The summed E-state index contributed by atoms with van der Waals surface area (Å²) in [4.78, 5) is 49.4. The van der Waals surface area contributed by atoms with Gasteiger partial charge in [0.1, 0.15) is 17.8 Å². The normalized spacial score (nSPS) is 18.0. The van der Waals surface area contributed by atoms with Gasteiger partial charge in [0.15, 0.2) is 0 Å². The summed E-state index contributed by atoms with van der Waals surface area (Å²) in [5.74, 6) is -1.10. The third-order valence-corrected chi connectivity index (χ3v) is 5.26. The van der Waals surface area contributed by atoms with Crippen molar-refractivity contribution >= 4 is 40.8 Å². The molecule has 0 aromatic heterocycles. The number of anilines is 1. The van der Waals surface area contributed by atoms with Crippen LogP contribution in [0, 0.1) is 10.1 Å². The Morgan fingerprint density at radius 2 is 1.94 bits per heavy atom. The number of imide groups is 1. The Morgan fingerprint density at radius 1 is 1.26 bits per heavy atom. The van der Waals surface area contributed by atoms with E-state index in [1.54, 1.807) is 31.2 Å². The molecule has 3 rings (SSSR count). The highest BCUT2D eigenvalue weighted by atomic mass is 35.5. The van der Waals surface area contributed by atoms with Gasteiger partial charge in [0.25, 0.3) is 11.6 Å². The van der Waals surface area contributed by atoms with E-state index in [2.05, 4.69) is 10.6 Å². The molecule has 1 heterocycles. The summed E-state index contributed by atoms with van der Waals surface area (Å²) in [7, 11) is 1.34. The molecule has 10 nitrogen and oxygen atoms in total. The number of benzene rings is 2. The van der Waals surface area contributed by atoms with Gasteiger partial charge in [0.2, 0.25) is 5.91 Å². The predicted octanol–water partition coefficient (Wildman–Crippen LogP) is 3.05. The Labute approximate surface area is 182 Å². The predicted molar refractivity (Wildman–Crippen MR) is 112 cm³/mol. The van der Waals surface area contributed by atoms with Gasteiger partial charge in [-0.05, 0) is 30.2 Å². The molecule has 1 atom stereocenters. The van der Waals surface area contributed by atoms with E-state index in [0.717, 1.165) is 11.0 Å². The van der Waals surface area contributed by atoms with Crippen molar-refractivity contribution in [2.75, 3.05) is 19.0 Å². The molecule has 2 N–H and O–H groups in total. The Kier molecular flexibility index (Phi) is 6.11. The number of nitrogens with zero attached hydrogens (tertiary/aromatic N) is 2. The molecule has 2 aromatic carbocycles. The Bertz CT molecular complexity index is 1060. The number of urea groups is 1. The maximum Gasteiger partial charge on any atom is 0.325 e. The van der Waals surface area contributed by atoms with Crippen molar-refractivity contribution in [3.63, 3.8) is 0 Å². The van der Waals surface area contributed by atoms with E-state index in [1.165, 1.54) is 19.2 Å².